The zero-order valence-corrected chi connectivity index (χ0v) is 12.8. The number of rotatable bonds is 5. The van der Waals surface area contributed by atoms with Gasteiger partial charge in [0.2, 0.25) is 0 Å². The summed E-state index contributed by atoms with van der Waals surface area (Å²) >= 11 is 5.23. The van der Waals surface area contributed by atoms with Crippen molar-refractivity contribution in [1.29, 1.82) is 0 Å². The minimum atomic E-state index is 0.0751. The Hall–Kier alpha value is -0.480. The Balaban J connectivity index is 2.73. The molecule has 1 atom stereocenters. The van der Waals surface area contributed by atoms with Crippen LogP contribution >= 0.6 is 27.7 Å². The summed E-state index contributed by atoms with van der Waals surface area (Å²) in [7, 11) is 1.87. The largest absolute Gasteiger partial charge is 0.339 e. The number of hydrogen-bond donors (Lipinski definition) is 0. The summed E-state index contributed by atoms with van der Waals surface area (Å²) in [5.41, 5.74) is 0.728. The molecule has 0 radical (unpaired) electrons. The highest BCUT2D eigenvalue weighted by Crippen LogP contribution is 2.19. The van der Waals surface area contributed by atoms with Crippen LogP contribution < -0.4 is 0 Å². The van der Waals surface area contributed by atoms with Gasteiger partial charge in [0, 0.05) is 17.6 Å². The molecular weight excluding hydrogens is 298 g/mol. The molecule has 2 nitrogen and oxygen atoms in total. The van der Waals surface area contributed by atoms with E-state index in [4.69, 9.17) is 0 Å². The first-order chi connectivity index (χ1) is 8.07. The molecule has 1 rings (SSSR count). The van der Waals surface area contributed by atoms with Gasteiger partial charge >= 0.3 is 0 Å². The Morgan fingerprint density at radius 1 is 1.47 bits per heavy atom. The maximum Gasteiger partial charge on any atom is 0.254 e. The Kier molecular flexibility index (Phi) is 6.06. The van der Waals surface area contributed by atoms with Crippen LogP contribution in [-0.2, 0) is 0 Å². The number of benzene rings is 1. The molecule has 1 unspecified atom stereocenters. The Labute approximate surface area is 116 Å². The van der Waals surface area contributed by atoms with Crippen LogP contribution in [0.1, 0.15) is 23.7 Å². The van der Waals surface area contributed by atoms with Crippen molar-refractivity contribution in [3.63, 3.8) is 0 Å². The van der Waals surface area contributed by atoms with Crippen LogP contribution in [0.2, 0.25) is 0 Å². The van der Waals surface area contributed by atoms with E-state index >= 15 is 0 Å². The number of amides is 1. The highest BCUT2D eigenvalue weighted by atomic mass is 79.9. The van der Waals surface area contributed by atoms with Crippen molar-refractivity contribution in [3.05, 3.63) is 34.3 Å². The van der Waals surface area contributed by atoms with Gasteiger partial charge in [-0.05, 0) is 53.4 Å². The SMILES string of the molecule is CSCCC(C)N(C)C(=O)c1ccccc1Br. The molecule has 0 aliphatic heterocycles. The van der Waals surface area contributed by atoms with Gasteiger partial charge in [0.25, 0.3) is 5.91 Å². The van der Waals surface area contributed by atoms with Gasteiger partial charge in [0.1, 0.15) is 0 Å². The van der Waals surface area contributed by atoms with Gasteiger partial charge in [-0.25, -0.2) is 0 Å². The third kappa shape index (κ3) is 4.03. The van der Waals surface area contributed by atoms with Crippen LogP contribution in [-0.4, -0.2) is 35.9 Å². The second-order valence-corrected chi connectivity index (χ2v) is 5.87. The number of nitrogens with zero attached hydrogens (tertiary/aromatic N) is 1. The van der Waals surface area contributed by atoms with E-state index in [1.54, 1.807) is 0 Å². The topological polar surface area (TPSA) is 20.3 Å². The summed E-state index contributed by atoms with van der Waals surface area (Å²) in [6.45, 7) is 2.09. The zero-order valence-electron chi connectivity index (χ0n) is 10.4. The van der Waals surface area contributed by atoms with E-state index in [0.717, 1.165) is 22.2 Å². The summed E-state index contributed by atoms with van der Waals surface area (Å²) in [5.74, 6) is 1.15. The maximum absolute atomic E-state index is 12.3. The van der Waals surface area contributed by atoms with Crippen LogP contribution in [0.15, 0.2) is 28.7 Å². The molecule has 0 saturated carbocycles. The molecule has 0 fully saturated rings. The van der Waals surface area contributed by atoms with E-state index in [1.807, 2.05) is 48.0 Å². The van der Waals surface area contributed by atoms with Crippen LogP contribution in [0.5, 0.6) is 0 Å². The quantitative estimate of drug-likeness (QED) is 0.826. The minimum Gasteiger partial charge on any atom is -0.339 e. The van der Waals surface area contributed by atoms with Gasteiger partial charge in [0.05, 0.1) is 5.56 Å². The fraction of sp³-hybridized carbons (Fsp3) is 0.462. The standard InChI is InChI=1S/C13H18BrNOS/c1-10(8-9-17-3)15(2)13(16)11-6-4-5-7-12(11)14/h4-7,10H,8-9H2,1-3H3. The normalized spacial score (nSPS) is 12.2. The first-order valence-electron chi connectivity index (χ1n) is 5.58. The lowest BCUT2D eigenvalue weighted by Crippen LogP contribution is -2.35. The van der Waals surface area contributed by atoms with Crippen molar-refractivity contribution >= 4 is 33.6 Å². The van der Waals surface area contributed by atoms with Crippen LogP contribution in [0.3, 0.4) is 0 Å². The minimum absolute atomic E-state index is 0.0751. The predicted octanol–water partition coefficient (Wildman–Crippen LogP) is 3.66. The Morgan fingerprint density at radius 2 is 2.12 bits per heavy atom. The fourth-order valence-corrected chi connectivity index (χ4v) is 2.54. The van der Waals surface area contributed by atoms with Crippen molar-refractivity contribution in [2.75, 3.05) is 19.1 Å². The van der Waals surface area contributed by atoms with Gasteiger partial charge in [-0.1, -0.05) is 12.1 Å². The molecule has 4 heteroatoms. The molecule has 0 aliphatic carbocycles. The van der Waals surface area contributed by atoms with Gasteiger partial charge in [-0.3, -0.25) is 4.79 Å². The van der Waals surface area contributed by atoms with E-state index in [9.17, 15) is 4.79 Å². The van der Waals surface area contributed by atoms with Crippen LogP contribution in [0.25, 0.3) is 0 Å². The maximum atomic E-state index is 12.3. The summed E-state index contributed by atoms with van der Waals surface area (Å²) in [5, 5.41) is 0. The predicted molar refractivity (Wildman–Crippen MR) is 78.7 cm³/mol. The second kappa shape index (κ2) is 7.07. The first-order valence-corrected chi connectivity index (χ1v) is 7.77. The molecule has 1 amide bonds. The molecule has 94 valence electrons. The molecule has 1 aromatic rings. The molecule has 0 aliphatic rings. The summed E-state index contributed by atoms with van der Waals surface area (Å²) in [4.78, 5) is 14.1. The highest BCUT2D eigenvalue weighted by molar-refractivity contribution is 9.10. The summed E-state index contributed by atoms with van der Waals surface area (Å²) in [6, 6.07) is 7.82. The van der Waals surface area contributed by atoms with E-state index < -0.39 is 0 Å². The van der Waals surface area contributed by atoms with Gasteiger partial charge in [-0.2, -0.15) is 11.8 Å². The van der Waals surface area contributed by atoms with E-state index in [-0.39, 0.29) is 11.9 Å². The van der Waals surface area contributed by atoms with Gasteiger partial charge in [-0.15, -0.1) is 0 Å². The summed E-state index contributed by atoms with van der Waals surface area (Å²) < 4.78 is 0.855. The summed E-state index contributed by atoms with van der Waals surface area (Å²) in [6.07, 6.45) is 3.11. The second-order valence-electron chi connectivity index (χ2n) is 4.03. The number of carbonyl (C=O) groups excluding carboxylic acids is 1. The third-order valence-corrected chi connectivity index (χ3v) is 4.16. The average molecular weight is 316 g/mol. The van der Waals surface area contributed by atoms with Crippen LogP contribution in [0, 0.1) is 0 Å². The van der Waals surface area contributed by atoms with Gasteiger partial charge in [0.15, 0.2) is 0 Å². The van der Waals surface area contributed by atoms with Crippen molar-refractivity contribution in [2.24, 2.45) is 0 Å². The monoisotopic (exact) mass is 315 g/mol. The van der Waals surface area contributed by atoms with E-state index in [2.05, 4.69) is 29.1 Å². The molecule has 17 heavy (non-hydrogen) atoms. The van der Waals surface area contributed by atoms with Crippen molar-refractivity contribution < 1.29 is 4.79 Å². The molecule has 0 saturated heterocycles. The average Bonchev–Trinajstić information content (AvgIpc) is 2.34. The van der Waals surface area contributed by atoms with Crippen molar-refractivity contribution in [1.82, 2.24) is 4.90 Å². The molecular formula is C13H18BrNOS. The number of hydrogen-bond acceptors (Lipinski definition) is 2. The molecule has 0 N–H and O–H groups in total. The molecule has 0 bridgehead atoms. The van der Waals surface area contributed by atoms with Gasteiger partial charge < -0.3 is 4.90 Å². The molecule has 0 aromatic heterocycles. The Morgan fingerprint density at radius 3 is 2.71 bits per heavy atom. The number of halogens is 1. The lowest BCUT2D eigenvalue weighted by atomic mass is 10.1. The van der Waals surface area contributed by atoms with E-state index in [1.165, 1.54) is 0 Å². The van der Waals surface area contributed by atoms with E-state index in [0.29, 0.717) is 0 Å². The first kappa shape index (κ1) is 14.6. The zero-order chi connectivity index (χ0) is 12.8. The lowest BCUT2D eigenvalue weighted by molar-refractivity contribution is 0.0740. The molecule has 0 spiro atoms. The number of carbonyl (C=O) groups is 1. The highest BCUT2D eigenvalue weighted by Gasteiger charge is 2.18. The third-order valence-electron chi connectivity index (χ3n) is 2.83. The lowest BCUT2D eigenvalue weighted by Gasteiger charge is -2.25. The smallest absolute Gasteiger partial charge is 0.254 e. The van der Waals surface area contributed by atoms with Crippen LogP contribution in [0.4, 0.5) is 0 Å². The van der Waals surface area contributed by atoms with Crippen molar-refractivity contribution in [3.8, 4) is 0 Å². The Bertz CT molecular complexity index is 383. The fourth-order valence-electron chi connectivity index (χ4n) is 1.51. The molecule has 0 heterocycles. The number of thioether (sulfide) groups is 1. The van der Waals surface area contributed by atoms with Crippen molar-refractivity contribution in [2.45, 2.75) is 19.4 Å². The molecule has 1 aromatic carbocycles.